The van der Waals surface area contributed by atoms with Gasteiger partial charge in [0.1, 0.15) is 5.82 Å². The number of hydrogen-bond donors (Lipinski definition) is 1. The second kappa shape index (κ2) is 4.71. The predicted octanol–water partition coefficient (Wildman–Crippen LogP) is 2.07. The smallest absolute Gasteiger partial charge is 0.132 e. The molecule has 1 saturated heterocycles. The summed E-state index contributed by atoms with van der Waals surface area (Å²) in [5.74, 6) is 2.02. The van der Waals surface area contributed by atoms with Crippen LogP contribution < -0.4 is 5.32 Å². The molecule has 1 aliphatic rings. The molecule has 1 fully saturated rings. The molecule has 15 heavy (non-hydrogen) atoms. The van der Waals surface area contributed by atoms with E-state index in [1.54, 1.807) is 0 Å². The second-order valence-corrected chi connectivity index (χ2v) is 4.54. The van der Waals surface area contributed by atoms with Gasteiger partial charge in [0.15, 0.2) is 0 Å². The van der Waals surface area contributed by atoms with Gasteiger partial charge in [0.25, 0.3) is 0 Å². The molecule has 3 heteroatoms. The summed E-state index contributed by atoms with van der Waals surface area (Å²) >= 11 is 0. The van der Waals surface area contributed by atoms with Crippen molar-refractivity contribution in [1.82, 2.24) is 15.3 Å². The Hall–Kier alpha value is -0.960. The number of aromatic nitrogens is 2. The third-order valence-electron chi connectivity index (χ3n) is 2.95. The minimum Gasteiger partial charge on any atom is -0.316 e. The summed E-state index contributed by atoms with van der Waals surface area (Å²) in [6.07, 6.45) is 4.35. The van der Waals surface area contributed by atoms with Gasteiger partial charge < -0.3 is 5.32 Å². The quantitative estimate of drug-likeness (QED) is 0.803. The standard InChI is InChI=1S/C12H19N3/c1-9(2)11-5-7-14-12(15-11)10-4-3-6-13-8-10/h5,7,9-10,13H,3-4,6,8H2,1-2H3. The molecular formula is C12H19N3. The summed E-state index contributed by atoms with van der Waals surface area (Å²) in [6, 6.07) is 2.02. The van der Waals surface area contributed by atoms with Gasteiger partial charge in [-0.25, -0.2) is 9.97 Å². The molecule has 0 saturated carbocycles. The Labute approximate surface area is 91.3 Å². The fraction of sp³-hybridized carbons (Fsp3) is 0.667. The van der Waals surface area contributed by atoms with Crippen LogP contribution in [-0.2, 0) is 0 Å². The molecule has 1 aliphatic heterocycles. The molecule has 1 unspecified atom stereocenters. The van der Waals surface area contributed by atoms with Crippen LogP contribution in [0.4, 0.5) is 0 Å². The Morgan fingerprint density at radius 1 is 1.47 bits per heavy atom. The van der Waals surface area contributed by atoms with Gasteiger partial charge in [-0.05, 0) is 31.4 Å². The van der Waals surface area contributed by atoms with E-state index >= 15 is 0 Å². The van der Waals surface area contributed by atoms with Crippen molar-refractivity contribution in [2.75, 3.05) is 13.1 Å². The topological polar surface area (TPSA) is 37.8 Å². The zero-order valence-corrected chi connectivity index (χ0v) is 9.53. The van der Waals surface area contributed by atoms with Crippen LogP contribution in [0.2, 0.25) is 0 Å². The largest absolute Gasteiger partial charge is 0.316 e. The highest BCUT2D eigenvalue weighted by Gasteiger charge is 2.18. The lowest BCUT2D eigenvalue weighted by Crippen LogP contribution is -2.29. The molecule has 0 radical (unpaired) electrons. The minimum absolute atomic E-state index is 0.489. The Kier molecular flexibility index (Phi) is 3.31. The number of nitrogens with one attached hydrogen (secondary N) is 1. The van der Waals surface area contributed by atoms with Crippen LogP contribution in [-0.4, -0.2) is 23.1 Å². The summed E-state index contributed by atoms with van der Waals surface area (Å²) in [5.41, 5.74) is 1.16. The van der Waals surface area contributed by atoms with Crippen molar-refractivity contribution >= 4 is 0 Å². The van der Waals surface area contributed by atoms with Gasteiger partial charge in [-0.1, -0.05) is 13.8 Å². The van der Waals surface area contributed by atoms with Crippen molar-refractivity contribution in [1.29, 1.82) is 0 Å². The molecule has 0 amide bonds. The van der Waals surface area contributed by atoms with Crippen molar-refractivity contribution in [2.24, 2.45) is 0 Å². The van der Waals surface area contributed by atoms with Gasteiger partial charge in [0.05, 0.1) is 0 Å². The molecule has 1 N–H and O–H groups in total. The normalized spacial score (nSPS) is 21.9. The Morgan fingerprint density at radius 3 is 3.00 bits per heavy atom. The van der Waals surface area contributed by atoms with Crippen molar-refractivity contribution in [2.45, 2.75) is 38.5 Å². The first-order valence-electron chi connectivity index (χ1n) is 5.81. The van der Waals surface area contributed by atoms with Gasteiger partial charge in [-0.2, -0.15) is 0 Å². The Bertz CT molecular complexity index is 316. The van der Waals surface area contributed by atoms with E-state index in [1.807, 2.05) is 12.3 Å². The lowest BCUT2D eigenvalue weighted by molar-refractivity contribution is 0.445. The highest BCUT2D eigenvalue weighted by molar-refractivity contribution is 5.09. The van der Waals surface area contributed by atoms with Gasteiger partial charge in [0.2, 0.25) is 0 Å². The molecule has 2 rings (SSSR count). The molecule has 0 bridgehead atoms. The van der Waals surface area contributed by atoms with Gasteiger partial charge in [0, 0.05) is 24.4 Å². The molecule has 1 aromatic heterocycles. The van der Waals surface area contributed by atoms with E-state index in [-0.39, 0.29) is 0 Å². The average molecular weight is 205 g/mol. The summed E-state index contributed by atoms with van der Waals surface area (Å²) in [6.45, 7) is 6.51. The van der Waals surface area contributed by atoms with Crippen LogP contribution >= 0.6 is 0 Å². The average Bonchev–Trinajstić information content (AvgIpc) is 2.30. The molecule has 2 heterocycles. The van der Waals surface area contributed by atoms with E-state index in [1.165, 1.54) is 12.8 Å². The van der Waals surface area contributed by atoms with Crippen molar-refractivity contribution in [3.8, 4) is 0 Å². The van der Waals surface area contributed by atoms with Crippen molar-refractivity contribution in [3.05, 3.63) is 23.8 Å². The molecule has 0 aliphatic carbocycles. The first kappa shape index (κ1) is 10.6. The third-order valence-corrected chi connectivity index (χ3v) is 2.95. The molecule has 1 atom stereocenters. The first-order valence-corrected chi connectivity index (χ1v) is 5.81. The van der Waals surface area contributed by atoms with Gasteiger partial charge >= 0.3 is 0 Å². The van der Waals surface area contributed by atoms with Crippen LogP contribution in [0.25, 0.3) is 0 Å². The van der Waals surface area contributed by atoms with E-state index in [0.717, 1.165) is 24.6 Å². The van der Waals surface area contributed by atoms with Gasteiger partial charge in [-0.3, -0.25) is 0 Å². The summed E-state index contributed by atoms with van der Waals surface area (Å²) in [5, 5.41) is 3.40. The van der Waals surface area contributed by atoms with Crippen LogP contribution in [0, 0.1) is 0 Å². The summed E-state index contributed by atoms with van der Waals surface area (Å²) < 4.78 is 0. The second-order valence-electron chi connectivity index (χ2n) is 4.54. The Morgan fingerprint density at radius 2 is 2.33 bits per heavy atom. The summed E-state index contributed by atoms with van der Waals surface area (Å²) in [7, 11) is 0. The molecular weight excluding hydrogens is 186 g/mol. The lowest BCUT2D eigenvalue weighted by atomic mass is 9.98. The maximum atomic E-state index is 4.64. The lowest BCUT2D eigenvalue weighted by Gasteiger charge is -2.21. The van der Waals surface area contributed by atoms with E-state index < -0.39 is 0 Å². The Balaban J connectivity index is 2.16. The van der Waals surface area contributed by atoms with Crippen LogP contribution in [0.3, 0.4) is 0 Å². The number of hydrogen-bond acceptors (Lipinski definition) is 3. The third kappa shape index (κ3) is 2.53. The number of rotatable bonds is 2. The SMILES string of the molecule is CC(C)c1ccnc(C2CCCNC2)n1. The monoisotopic (exact) mass is 205 g/mol. The molecule has 1 aromatic rings. The fourth-order valence-corrected chi connectivity index (χ4v) is 1.98. The summed E-state index contributed by atoms with van der Waals surface area (Å²) in [4.78, 5) is 9.04. The van der Waals surface area contributed by atoms with E-state index in [2.05, 4.69) is 29.1 Å². The molecule has 82 valence electrons. The maximum absolute atomic E-state index is 4.64. The predicted molar refractivity (Wildman–Crippen MR) is 61.0 cm³/mol. The zero-order chi connectivity index (χ0) is 10.7. The fourth-order valence-electron chi connectivity index (χ4n) is 1.98. The molecule has 0 aromatic carbocycles. The van der Waals surface area contributed by atoms with E-state index in [9.17, 15) is 0 Å². The zero-order valence-electron chi connectivity index (χ0n) is 9.53. The van der Waals surface area contributed by atoms with Crippen molar-refractivity contribution < 1.29 is 0 Å². The van der Waals surface area contributed by atoms with Crippen LogP contribution in [0.15, 0.2) is 12.3 Å². The molecule has 3 nitrogen and oxygen atoms in total. The van der Waals surface area contributed by atoms with Crippen molar-refractivity contribution in [3.63, 3.8) is 0 Å². The molecule has 0 spiro atoms. The highest BCUT2D eigenvalue weighted by atomic mass is 14.9. The highest BCUT2D eigenvalue weighted by Crippen LogP contribution is 2.21. The van der Waals surface area contributed by atoms with E-state index in [4.69, 9.17) is 0 Å². The number of piperidine rings is 1. The van der Waals surface area contributed by atoms with Gasteiger partial charge in [-0.15, -0.1) is 0 Å². The minimum atomic E-state index is 0.489. The van der Waals surface area contributed by atoms with Crippen LogP contribution in [0.5, 0.6) is 0 Å². The first-order chi connectivity index (χ1) is 7.27. The van der Waals surface area contributed by atoms with E-state index in [0.29, 0.717) is 11.8 Å². The van der Waals surface area contributed by atoms with Crippen LogP contribution in [0.1, 0.15) is 50.0 Å². The number of nitrogens with zero attached hydrogens (tertiary/aromatic N) is 2. The maximum Gasteiger partial charge on any atom is 0.132 e.